The van der Waals surface area contributed by atoms with Gasteiger partial charge in [-0.2, -0.15) is 0 Å². The molecule has 18 heavy (non-hydrogen) atoms. The molecule has 1 aromatic rings. The van der Waals surface area contributed by atoms with Crippen LogP contribution in [-0.2, 0) is 0 Å². The maximum Gasteiger partial charge on any atom is 0.137 e. The van der Waals surface area contributed by atoms with Crippen molar-refractivity contribution in [3.05, 3.63) is 34.1 Å². The van der Waals surface area contributed by atoms with E-state index in [1.165, 1.54) is 25.7 Å². The highest BCUT2D eigenvalue weighted by Crippen LogP contribution is 2.24. The lowest BCUT2D eigenvalue weighted by atomic mass is 10.0. The highest BCUT2D eigenvalue weighted by atomic mass is 79.9. The summed E-state index contributed by atoms with van der Waals surface area (Å²) in [7, 11) is 0. The fraction of sp³-hybridized carbons (Fsp3) is 0.571. The molecule has 0 spiro atoms. The van der Waals surface area contributed by atoms with E-state index in [9.17, 15) is 4.39 Å². The molecule has 0 aliphatic rings. The average molecular weight is 317 g/mol. The predicted molar refractivity (Wildman–Crippen MR) is 77.5 cm³/mol. The van der Waals surface area contributed by atoms with Gasteiger partial charge in [-0.15, -0.1) is 0 Å². The lowest BCUT2D eigenvalue weighted by molar-refractivity contribution is 0.476. The quantitative estimate of drug-likeness (QED) is 0.422. The minimum Gasteiger partial charge on any atom is -0.271 e. The summed E-state index contributed by atoms with van der Waals surface area (Å²) < 4.78 is 13.9. The Kier molecular flexibility index (Phi) is 7.47. The number of benzene rings is 1. The summed E-state index contributed by atoms with van der Waals surface area (Å²) in [5.74, 6) is 5.31. The van der Waals surface area contributed by atoms with Crippen molar-refractivity contribution in [1.82, 2.24) is 5.43 Å². The molecule has 0 heterocycles. The van der Waals surface area contributed by atoms with Gasteiger partial charge in [0.25, 0.3) is 0 Å². The first-order valence-corrected chi connectivity index (χ1v) is 7.39. The number of hydrazine groups is 1. The van der Waals surface area contributed by atoms with Crippen molar-refractivity contribution in [1.29, 1.82) is 0 Å². The summed E-state index contributed by atoms with van der Waals surface area (Å²) >= 11 is 3.15. The number of hydrogen-bond acceptors (Lipinski definition) is 2. The van der Waals surface area contributed by atoms with Crippen molar-refractivity contribution >= 4 is 15.9 Å². The Morgan fingerprint density at radius 3 is 2.61 bits per heavy atom. The van der Waals surface area contributed by atoms with Crippen molar-refractivity contribution in [2.45, 2.75) is 51.5 Å². The molecule has 0 bridgehead atoms. The molecule has 0 saturated heterocycles. The Labute approximate surface area is 117 Å². The SMILES string of the molecule is CCCCCCCC(NN)c1ccc(Br)c(F)c1. The van der Waals surface area contributed by atoms with E-state index < -0.39 is 0 Å². The molecule has 1 unspecified atom stereocenters. The van der Waals surface area contributed by atoms with E-state index in [2.05, 4.69) is 28.3 Å². The van der Waals surface area contributed by atoms with Gasteiger partial charge in [0.15, 0.2) is 0 Å². The smallest absolute Gasteiger partial charge is 0.137 e. The van der Waals surface area contributed by atoms with Crippen LogP contribution < -0.4 is 11.3 Å². The van der Waals surface area contributed by atoms with E-state index in [0.717, 1.165) is 18.4 Å². The van der Waals surface area contributed by atoms with E-state index in [0.29, 0.717) is 4.47 Å². The van der Waals surface area contributed by atoms with Gasteiger partial charge < -0.3 is 0 Å². The summed E-state index contributed by atoms with van der Waals surface area (Å²) in [6.45, 7) is 2.20. The van der Waals surface area contributed by atoms with E-state index in [1.54, 1.807) is 12.1 Å². The predicted octanol–water partition coefficient (Wildman–Crippen LogP) is 4.45. The molecule has 0 aliphatic carbocycles. The Hall–Kier alpha value is -0.450. The number of halogens is 2. The van der Waals surface area contributed by atoms with E-state index in [1.807, 2.05) is 6.07 Å². The van der Waals surface area contributed by atoms with Crippen LogP contribution in [0, 0.1) is 5.82 Å². The van der Waals surface area contributed by atoms with Crippen molar-refractivity contribution < 1.29 is 4.39 Å². The molecule has 0 amide bonds. The maximum absolute atomic E-state index is 13.4. The molecule has 0 radical (unpaired) electrons. The molecule has 4 heteroatoms. The third-order valence-corrected chi connectivity index (χ3v) is 3.79. The van der Waals surface area contributed by atoms with Crippen LogP contribution in [0.5, 0.6) is 0 Å². The zero-order valence-corrected chi connectivity index (χ0v) is 12.5. The van der Waals surface area contributed by atoms with Gasteiger partial charge in [0.2, 0.25) is 0 Å². The first kappa shape index (κ1) is 15.6. The summed E-state index contributed by atoms with van der Waals surface area (Å²) in [6, 6.07) is 5.21. The highest BCUT2D eigenvalue weighted by Gasteiger charge is 2.11. The molecule has 1 atom stereocenters. The second-order valence-electron chi connectivity index (χ2n) is 4.60. The van der Waals surface area contributed by atoms with Crippen molar-refractivity contribution in [3.8, 4) is 0 Å². The van der Waals surface area contributed by atoms with Gasteiger partial charge in [-0.1, -0.05) is 45.1 Å². The average Bonchev–Trinajstić information content (AvgIpc) is 2.37. The third-order valence-electron chi connectivity index (χ3n) is 3.14. The van der Waals surface area contributed by atoms with Gasteiger partial charge >= 0.3 is 0 Å². The van der Waals surface area contributed by atoms with Gasteiger partial charge in [-0.25, -0.2) is 4.39 Å². The molecule has 102 valence electrons. The first-order valence-electron chi connectivity index (χ1n) is 6.60. The lowest BCUT2D eigenvalue weighted by Gasteiger charge is -2.16. The van der Waals surface area contributed by atoms with Gasteiger partial charge in [0.05, 0.1) is 4.47 Å². The van der Waals surface area contributed by atoms with Gasteiger partial charge in [0.1, 0.15) is 5.82 Å². The Bertz CT molecular complexity index is 358. The van der Waals surface area contributed by atoms with Crippen LogP contribution in [0.1, 0.15) is 57.1 Å². The minimum absolute atomic E-state index is 0.0363. The fourth-order valence-electron chi connectivity index (χ4n) is 2.03. The Morgan fingerprint density at radius 1 is 1.28 bits per heavy atom. The van der Waals surface area contributed by atoms with Crippen LogP contribution >= 0.6 is 15.9 Å². The molecule has 0 fully saturated rings. The van der Waals surface area contributed by atoms with Gasteiger partial charge in [-0.3, -0.25) is 11.3 Å². The summed E-state index contributed by atoms with van der Waals surface area (Å²) in [5, 5.41) is 0. The second kappa shape index (κ2) is 8.62. The lowest BCUT2D eigenvalue weighted by Crippen LogP contribution is -2.28. The van der Waals surface area contributed by atoms with Gasteiger partial charge in [-0.05, 0) is 40.0 Å². The molecular formula is C14H22BrFN2. The van der Waals surface area contributed by atoms with E-state index in [4.69, 9.17) is 5.84 Å². The summed E-state index contributed by atoms with van der Waals surface area (Å²) in [4.78, 5) is 0. The van der Waals surface area contributed by atoms with Crippen molar-refractivity contribution in [3.63, 3.8) is 0 Å². The largest absolute Gasteiger partial charge is 0.271 e. The van der Waals surface area contributed by atoms with Crippen LogP contribution in [0.25, 0.3) is 0 Å². The number of rotatable bonds is 8. The molecule has 3 N–H and O–H groups in total. The number of nitrogens with one attached hydrogen (secondary N) is 1. The molecule has 0 saturated carbocycles. The second-order valence-corrected chi connectivity index (χ2v) is 5.45. The first-order chi connectivity index (χ1) is 8.69. The van der Waals surface area contributed by atoms with Crippen LogP contribution in [0.3, 0.4) is 0 Å². The zero-order chi connectivity index (χ0) is 13.4. The molecule has 2 nitrogen and oxygen atoms in total. The molecule has 0 aliphatic heterocycles. The topological polar surface area (TPSA) is 38.0 Å². The summed E-state index contributed by atoms with van der Waals surface area (Å²) in [5.41, 5.74) is 3.68. The highest BCUT2D eigenvalue weighted by molar-refractivity contribution is 9.10. The standard InChI is InChI=1S/C14H22BrFN2/c1-2-3-4-5-6-7-14(18-17)11-8-9-12(15)13(16)10-11/h8-10,14,18H,2-7,17H2,1H3. The number of hydrogen-bond donors (Lipinski definition) is 2. The molecule has 1 rings (SSSR count). The maximum atomic E-state index is 13.4. The monoisotopic (exact) mass is 316 g/mol. The zero-order valence-electron chi connectivity index (χ0n) is 10.9. The molecule has 1 aromatic carbocycles. The normalized spacial score (nSPS) is 12.7. The summed E-state index contributed by atoms with van der Waals surface area (Å²) in [6.07, 6.45) is 7.07. The number of nitrogens with two attached hydrogens (primary N) is 1. The Morgan fingerprint density at radius 2 is 2.00 bits per heavy atom. The molecule has 0 aromatic heterocycles. The number of unbranched alkanes of at least 4 members (excludes halogenated alkanes) is 4. The van der Waals surface area contributed by atoms with E-state index in [-0.39, 0.29) is 11.9 Å². The van der Waals surface area contributed by atoms with Crippen molar-refractivity contribution in [2.75, 3.05) is 0 Å². The van der Waals surface area contributed by atoms with Gasteiger partial charge in [0, 0.05) is 6.04 Å². The minimum atomic E-state index is -0.237. The van der Waals surface area contributed by atoms with Crippen LogP contribution in [0.15, 0.2) is 22.7 Å². The Balaban J connectivity index is 2.47. The third kappa shape index (κ3) is 5.04. The fourth-order valence-corrected chi connectivity index (χ4v) is 2.27. The van der Waals surface area contributed by atoms with Crippen LogP contribution in [0.2, 0.25) is 0 Å². The van der Waals surface area contributed by atoms with Crippen LogP contribution in [0.4, 0.5) is 4.39 Å². The van der Waals surface area contributed by atoms with Crippen molar-refractivity contribution in [2.24, 2.45) is 5.84 Å². The van der Waals surface area contributed by atoms with Crippen LogP contribution in [-0.4, -0.2) is 0 Å². The molecular weight excluding hydrogens is 295 g/mol. The van der Waals surface area contributed by atoms with E-state index >= 15 is 0 Å².